The van der Waals surface area contributed by atoms with Crippen molar-refractivity contribution in [3.8, 4) is 0 Å². The van der Waals surface area contributed by atoms with E-state index in [2.05, 4.69) is 43.1 Å². The van der Waals surface area contributed by atoms with E-state index in [4.69, 9.17) is 0 Å². The molecule has 0 amide bonds. The van der Waals surface area contributed by atoms with E-state index in [0.29, 0.717) is 12.1 Å². The molecule has 1 aromatic carbocycles. The van der Waals surface area contributed by atoms with Gasteiger partial charge < -0.3 is 10.0 Å². The van der Waals surface area contributed by atoms with Crippen molar-refractivity contribution in [2.45, 2.75) is 82.4 Å². The lowest BCUT2D eigenvalue weighted by molar-refractivity contribution is -0.0493. The Hall–Kier alpha value is -0.860. The van der Waals surface area contributed by atoms with Crippen LogP contribution >= 0.6 is 0 Å². The number of benzene rings is 1. The van der Waals surface area contributed by atoms with E-state index in [1.165, 1.54) is 50.5 Å². The number of hydrogen-bond acceptors (Lipinski definition) is 2. The smallest absolute Gasteiger partial charge is 0.0926 e. The number of fused-ring (bicyclic) bond motifs is 2. The van der Waals surface area contributed by atoms with Crippen LogP contribution in [0.4, 0.5) is 0 Å². The maximum atomic E-state index is 11.2. The summed E-state index contributed by atoms with van der Waals surface area (Å²) in [5.41, 5.74) is 1.95. The Morgan fingerprint density at radius 1 is 1.05 bits per heavy atom. The Morgan fingerprint density at radius 3 is 2.27 bits per heavy atom. The van der Waals surface area contributed by atoms with Crippen LogP contribution in [0, 0.1) is 0 Å². The van der Waals surface area contributed by atoms with E-state index in [1.54, 1.807) is 0 Å². The van der Waals surface area contributed by atoms with Gasteiger partial charge in [-0.15, -0.1) is 0 Å². The predicted molar refractivity (Wildman–Crippen MR) is 92.0 cm³/mol. The van der Waals surface area contributed by atoms with Crippen LogP contribution in [0.15, 0.2) is 24.3 Å². The number of rotatable bonds is 6. The molecule has 2 aliphatic rings. The monoisotopic (exact) mass is 301 g/mol. The third kappa shape index (κ3) is 3.23. The molecule has 0 aromatic heterocycles. The molecular formula is C20H31NO. The molecule has 1 N–H and O–H groups in total. The Kier molecular flexibility index (Phi) is 4.89. The minimum atomic E-state index is -0.598. The van der Waals surface area contributed by atoms with Crippen molar-refractivity contribution in [3.63, 3.8) is 0 Å². The van der Waals surface area contributed by atoms with Crippen LogP contribution < -0.4 is 0 Å². The minimum Gasteiger partial charge on any atom is -0.385 e. The van der Waals surface area contributed by atoms with E-state index in [1.807, 2.05) is 0 Å². The largest absolute Gasteiger partial charge is 0.385 e. The van der Waals surface area contributed by atoms with Crippen molar-refractivity contribution in [1.82, 2.24) is 4.90 Å². The van der Waals surface area contributed by atoms with Crippen LogP contribution in [-0.4, -0.2) is 29.1 Å². The summed E-state index contributed by atoms with van der Waals surface area (Å²) in [6.45, 7) is 2.25. The maximum Gasteiger partial charge on any atom is 0.0926 e. The van der Waals surface area contributed by atoms with Crippen molar-refractivity contribution in [3.05, 3.63) is 35.4 Å². The van der Waals surface area contributed by atoms with Gasteiger partial charge in [-0.05, 0) is 56.7 Å². The Bertz CT molecular complexity index is 467. The highest BCUT2D eigenvalue weighted by Gasteiger charge is 2.46. The first kappa shape index (κ1) is 16.0. The van der Waals surface area contributed by atoms with Gasteiger partial charge in [-0.25, -0.2) is 0 Å². The lowest BCUT2D eigenvalue weighted by atomic mass is 9.80. The number of unbranched alkanes of at least 4 members (excludes halogenated alkanes) is 3. The lowest BCUT2D eigenvalue weighted by Crippen LogP contribution is -2.47. The summed E-state index contributed by atoms with van der Waals surface area (Å²) in [7, 11) is 2.22. The molecule has 1 aromatic rings. The lowest BCUT2D eigenvalue weighted by Gasteiger charge is -2.42. The van der Waals surface area contributed by atoms with Crippen LogP contribution in [0.25, 0.3) is 0 Å². The molecule has 122 valence electrons. The molecule has 2 heterocycles. The third-order valence-electron chi connectivity index (χ3n) is 5.94. The zero-order chi connectivity index (χ0) is 15.6. The average molecular weight is 301 g/mol. The normalized spacial score (nSPS) is 31.6. The van der Waals surface area contributed by atoms with Gasteiger partial charge in [0.25, 0.3) is 0 Å². The fraction of sp³-hybridized carbons (Fsp3) is 0.700. The van der Waals surface area contributed by atoms with Crippen molar-refractivity contribution in [2.24, 2.45) is 0 Å². The second kappa shape index (κ2) is 6.72. The molecule has 0 spiro atoms. The van der Waals surface area contributed by atoms with Crippen molar-refractivity contribution in [2.75, 3.05) is 7.05 Å². The summed E-state index contributed by atoms with van der Waals surface area (Å²) in [5, 5.41) is 11.2. The average Bonchev–Trinajstić information content (AvgIpc) is 2.75. The van der Waals surface area contributed by atoms with Crippen molar-refractivity contribution >= 4 is 0 Å². The number of aryl methyl sites for hydroxylation is 1. The Labute approximate surface area is 135 Å². The highest BCUT2D eigenvalue weighted by Crippen LogP contribution is 2.44. The van der Waals surface area contributed by atoms with Gasteiger partial charge >= 0.3 is 0 Å². The fourth-order valence-corrected chi connectivity index (χ4v) is 4.42. The van der Waals surface area contributed by atoms with E-state index >= 15 is 0 Å². The zero-order valence-corrected chi connectivity index (χ0v) is 14.2. The number of hydrogen-bond donors (Lipinski definition) is 1. The summed E-state index contributed by atoms with van der Waals surface area (Å²) in [5.74, 6) is 0. The standard InChI is InChI=1S/C20H31NO/c1-3-4-5-6-7-16-8-10-17(11-9-16)20(22)14-18-12-13-19(15-20)21(18)2/h8-11,18-19,22H,3-7,12-15H2,1-2H3. The molecule has 2 aliphatic heterocycles. The molecular weight excluding hydrogens is 270 g/mol. The molecule has 0 saturated carbocycles. The zero-order valence-electron chi connectivity index (χ0n) is 14.2. The SMILES string of the molecule is CCCCCCc1ccc(C2(O)CC3CCC(C2)N3C)cc1. The third-order valence-corrected chi connectivity index (χ3v) is 5.94. The van der Waals surface area contributed by atoms with Crippen LogP contribution in [0.1, 0.15) is 69.4 Å². The van der Waals surface area contributed by atoms with Crippen molar-refractivity contribution < 1.29 is 5.11 Å². The molecule has 2 fully saturated rings. The molecule has 2 nitrogen and oxygen atoms in total. The van der Waals surface area contributed by atoms with Gasteiger partial charge in [-0.1, -0.05) is 50.5 Å². The van der Waals surface area contributed by atoms with Gasteiger partial charge in [0.1, 0.15) is 0 Å². The molecule has 3 rings (SSSR count). The van der Waals surface area contributed by atoms with Gasteiger partial charge in [0.05, 0.1) is 5.60 Å². The highest BCUT2D eigenvalue weighted by molar-refractivity contribution is 5.29. The van der Waals surface area contributed by atoms with Gasteiger partial charge in [0.2, 0.25) is 0 Å². The second-order valence-electron chi connectivity index (χ2n) is 7.50. The number of piperidine rings is 1. The second-order valence-corrected chi connectivity index (χ2v) is 7.50. The minimum absolute atomic E-state index is 0.567. The molecule has 2 saturated heterocycles. The highest BCUT2D eigenvalue weighted by atomic mass is 16.3. The molecule has 0 aliphatic carbocycles. The van der Waals surface area contributed by atoms with Crippen molar-refractivity contribution in [1.29, 1.82) is 0 Å². The maximum absolute atomic E-state index is 11.2. The molecule has 22 heavy (non-hydrogen) atoms. The summed E-state index contributed by atoms with van der Waals surface area (Å²) in [6, 6.07) is 9.97. The molecule has 2 heteroatoms. The summed E-state index contributed by atoms with van der Waals surface area (Å²) < 4.78 is 0. The molecule has 0 radical (unpaired) electrons. The van der Waals surface area contributed by atoms with E-state index in [0.717, 1.165) is 18.4 Å². The van der Waals surface area contributed by atoms with E-state index in [9.17, 15) is 5.11 Å². The first-order valence-electron chi connectivity index (χ1n) is 9.16. The topological polar surface area (TPSA) is 23.5 Å². The molecule has 2 atom stereocenters. The van der Waals surface area contributed by atoms with Crippen LogP contribution in [-0.2, 0) is 12.0 Å². The van der Waals surface area contributed by atoms with Crippen LogP contribution in [0.3, 0.4) is 0 Å². The predicted octanol–water partition coefficient (Wildman–Crippen LogP) is 4.25. The summed E-state index contributed by atoms with van der Waals surface area (Å²) in [4.78, 5) is 2.48. The fourth-order valence-electron chi connectivity index (χ4n) is 4.42. The van der Waals surface area contributed by atoms with Gasteiger partial charge in [-0.3, -0.25) is 0 Å². The first-order chi connectivity index (χ1) is 10.6. The quantitative estimate of drug-likeness (QED) is 0.794. The Balaban J connectivity index is 1.63. The number of aliphatic hydroxyl groups is 1. The summed E-state index contributed by atoms with van der Waals surface area (Å²) in [6.07, 6.45) is 10.7. The van der Waals surface area contributed by atoms with Gasteiger partial charge in [-0.2, -0.15) is 0 Å². The molecule has 2 unspecified atom stereocenters. The van der Waals surface area contributed by atoms with E-state index in [-0.39, 0.29) is 0 Å². The Morgan fingerprint density at radius 2 is 1.68 bits per heavy atom. The number of nitrogens with zero attached hydrogens (tertiary/aromatic N) is 1. The first-order valence-corrected chi connectivity index (χ1v) is 9.16. The summed E-state index contributed by atoms with van der Waals surface area (Å²) >= 11 is 0. The van der Waals surface area contributed by atoms with Gasteiger partial charge in [0, 0.05) is 12.1 Å². The van der Waals surface area contributed by atoms with Crippen LogP contribution in [0.5, 0.6) is 0 Å². The molecule has 2 bridgehead atoms. The van der Waals surface area contributed by atoms with Crippen LogP contribution in [0.2, 0.25) is 0 Å². The van der Waals surface area contributed by atoms with E-state index < -0.39 is 5.60 Å². The van der Waals surface area contributed by atoms with Gasteiger partial charge in [0.15, 0.2) is 0 Å².